The predicted molar refractivity (Wildman–Crippen MR) is 80.7 cm³/mol. The maximum atomic E-state index is 4.56. The van der Waals surface area contributed by atoms with E-state index < -0.39 is 0 Å². The van der Waals surface area contributed by atoms with Gasteiger partial charge in [0.2, 0.25) is 0 Å². The molecule has 4 rings (SSSR count). The van der Waals surface area contributed by atoms with Crippen molar-refractivity contribution in [3.63, 3.8) is 0 Å². The van der Waals surface area contributed by atoms with E-state index in [2.05, 4.69) is 20.1 Å². The van der Waals surface area contributed by atoms with Crippen LogP contribution in [0, 0.1) is 0 Å². The van der Waals surface area contributed by atoms with Gasteiger partial charge < -0.3 is 4.98 Å². The van der Waals surface area contributed by atoms with Gasteiger partial charge in [0.05, 0.1) is 23.8 Å². The Morgan fingerprint density at radius 2 is 1.86 bits per heavy atom. The lowest BCUT2D eigenvalue weighted by Crippen LogP contribution is -2.01. The van der Waals surface area contributed by atoms with Crippen molar-refractivity contribution in [2.45, 2.75) is 6.54 Å². The molecule has 3 heterocycles. The van der Waals surface area contributed by atoms with Crippen LogP contribution in [0.5, 0.6) is 0 Å². The summed E-state index contributed by atoms with van der Waals surface area (Å²) in [6.45, 7) is 0.625. The van der Waals surface area contributed by atoms with Gasteiger partial charge in [-0.1, -0.05) is 12.1 Å². The molecule has 0 aliphatic carbocycles. The second-order valence-electron chi connectivity index (χ2n) is 4.86. The first-order chi connectivity index (χ1) is 10.4. The van der Waals surface area contributed by atoms with Gasteiger partial charge in [0.15, 0.2) is 0 Å². The first-order valence-corrected chi connectivity index (χ1v) is 6.75. The SMILES string of the molecule is c1ccc2[nH]c(Cn3cc(-c4ccncc4)cn3)nc2c1. The van der Waals surface area contributed by atoms with E-state index in [0.29, 0.717) is 6.54 Å². The number of benzene rings is 1. The van der Waals surface area contributed by atoms with Crippen molar-refractivity contribution in [1.82, 2.24) is 24.7 Å². The first kappa shape index (κ1) is 11.8. The van der Waals surface area contributed by atoms with Gasteiger partial charge in [-0.3, -0.25) is 9.67 Å². The van der Waals surface area contributed by atoms with Crippen LogP contribution in [0.3, 0.4) is 0 Å². The predicted octanol–water partition coefficient (Wildman–Crippen LogP) is 2.87. The van der Waals surface area contributed by atoms with Gasteiger partial charge in [0, 0.05) is 24.2 Å². The van der Waals surface area contributed by atoms with E-state index in [-0.39, 0.29) is 0 Å². The quantitative estimate of drug-likeness (QED) is 0.625. The molecule has 1 aromatic carbocycles. The summed E-state index contributed by atoms with van der Waals surface area (Å²) >= 11 is 0. The molecule has 0 amide bonds. The van der Waals surface area contributed by atoms with Crippen LogP contribution < -0.4 is 0 Å². The molecule has 21 heavy (non-hydrogen) atoms. The summed E-state index contributed by atoms with van der Waals surface area (Å²) in [7, 11) is 0. The zero-order chi connectivity index (χ0) is 14.1. The molecule has 0 fully saturated rings. The van der Waals surface area contributed by atoms with E-state index >= 15 is 0 Å². The number of aromatic nitrogens is 5. The number of nitrogens with zero attached hydrogens (tertiary/aromatic N) is 4. The molecular formula is C16H13N5. The number of imidazole rings is 1. The van der Waals surface area contributed by atoms with Crippen molar-refractivity contribution in [2.24, 2.45) is 0 Å². The molecule has 0 aliphatic heterocycles. The third-order valence-corrected chi connectivity index (χ3v) is 3.40. The summed E-state index contributed by atoms with van der Waals surface area (Å²) in [5, 5.41) is 4.39. The number of fused-ring (bicyclic) bond motifs is 1. The molecule has 102 valence electrons. The molecule has 0 radical (unpaired) electrons. The fraction of sp³-hybridized carbons (Fsp3) is 0.0625. The Kier molecular flexibility index (Phi) is 2.74. The van der Waals surface area contributed by atoms with Crippen molar-refractivity contribution >= 4 is 11.0 Å². The lowest BCUT2D eigenvalue weighted by atomic mass is 10.1. The number of pyridine rings is 1. The highest BCUT2D eigenvalue weighted by molar-refractivity contribution is 5.74. The summed E-state index contributed by atoms with van der Waals surface area (Å²) in [5.41, 5.74) is 4.22. The minimum Gasteiger partial charge on any atom is -0.340 e. The van der Waals surface area contributed by atoms with Crippen LogP contribution in [0.25, 0.3) is 22.2 Å². The molecule has 5 nitrogen and oxygen atoms in total. The average molecular weight is 275 g/mol. The van der Waals surface area contributed by atoms with Crippen molar-refractivity contribution < 1.29 is 0 Å². The Balaban J connectivity index is 1.61. The van der Waals surface area contributed by atoms with Crippen molar-refractivity contribution in [2.75, 3.05) is 0 Å². The normalized spacial score (nSPS) is 11.0. The van der Waals surface area contributed by atoms with E-state index in [1.54, 1.807) is 12.4 Å². The second-order valence-corrected chi connectivity index (χ2v) is 4.86. The first-order valence-electron chi connectivity index (χ1n) is 6.75. The van der Waals surface area contributed by atoms with Crippen LogP contribution in [0.2, 0.25) is 0 Å². The van der Waals surface area contributed by atoms with E-state index in [0.717, 1.165) is 28.0 Å². The molecule has 0 saturated carbocycles. The lowest BCUT2D eigenvalue weighted by Gasteiger charge is -1.97. The Hall–Kier alpha value is -2.95. The zero-order valence-corrected chi connectivity index (χ0v) is 11.3. The third kappa shape index (κ3) is 2.29. The van der Waals surface area contributed by atoms with Crippen molar-refractivity contribution in [3.05, 3.63) is 67.0 Å². The van der Waals surface area contributed by atoms with Crippen LogP contribution >= 0.6 is 0 Å². The lowest BCUT2D eigenvalue weighted by molar-refractivity contribution is 0.663. The van der Waals surface area contributed by atoms with Gasteiger partial charge in [0.1, 0.15) is 5.82 Å². The van der Waals surface area contributed by atoms with Crippen LogP contribution in [0.15, 0.2) is 61.2 Å². The monoisotopic (exact) mass is 275 g/mol. The van der Waals surface area contributed by atoms with Gasteiger partial charge in [0.25, 0.3) is 0 Å². The summed E-state index contributed by atoms with van der Waals surface area (Å²) in [5.74, 6) is 0.903. The molecule has 1 N–H and O–H groups in total. The smallest absolute Gasteiger partial charge is 0.129 e. The number of hydrogen-bond acceptors (Lipinski definition) is 3. The number of aromatic amines is 1. The van der Waals surface area contributed by atoms with E-state index in [1.807, 2.05) is 53.5 Å². The fourth-order valence-corrected chi connectivity index (χ4v) is 2.38. The number of hydrogen-bond donors (Lipinski definition) is 1. The summed E-state index contributed by atoms with van der Waals surface area (Å²) in [6, 6.07) is 12.0. The summed E-state index contributed by atoms with van der Waals surface area (Å²) in [6.07, 6.45) is 7.44. The van der Waals surface area contributed by atoms with Crippen LogP contribution in [-0.2, 0) is 6.54 Å². The van der Waals surface area contributed by atoms with Gasteiger partial charge in [-0.15, -0.1) is 0 Å². The van der Waals surface area contributed by atoms with E-state index in [9.17, 15) is 0 Å². The largest absolute Gasteiger partial charge is 0.340 e. The Bertz CT molecular complexity index is 843. The standard InChI is InChI=1S/C16H13N5/c1-2-4-15-14(3-1)19-16(20-15)11-21-10-13(9-18-21)12-5-7-17-8-6-12/h1-10H,11H2,(H,19,20). The molecule has 0 atom stereocenters. The average Bonchev–Trinajstić information content (AvgIpc) is 3.14. The van der Waals surface area contributed by atoms with E-state index in [1.165, 1.54) is 0 Å². The molecule has 0 aliphatic rings. The zero-order valence-electron chi connectivity index (χ0n) is 11.3. The second kappa shape index (κ2) is 4.86. The van der Waals surface area contributed by atoms with Crippen molar-refractivity contribution in [3.8, 4) is 11.1 Å². The van der Waals surface area contributed by atoms with Gasteiger partial charge >= 0.3 is 0 Å². The molecule has 0 unspecified atom stereocenters. The fourth-order valence-electron chi connectivity index (χ4n) is 2.38. The van der Waals surface area contributed by atoms with Crippen molar-refractivity contribution in [1.29, 1.82) is 0 Å². The molecule has 0 spiro atoms. The summed E-state index contributed by atoms with van der Waals surface area (Å²) in [4.78, 5) is 11.9. The Morgan fingerprint density at radius 1 is 1.00 bits per heavy atom. The minimum absolute atomic E-state index is 0.625. The van der Waals surface area contributed by atoms with Crippen LogP contribution in [0.4, 0.5) is 0 Å². The number of nitrogens with one attached hydrogen (secondary N) is 1. The third-order valence-electron chi connectivity index (χ3n) is 3.40. The minimum atomic E-state index is 0.625. The highest BCUT2D eigenvalue weighted by Gasteiger charge is 2.05. The van der Waals surface area contributed by atoms with E-state index in [4.69, 9.17) is 0 Å². The van der Waals surface area contributed by atoms with Gasteiger partial charge in [-0.05, 0) is 29.8 Å². The van der Waals surface area contributed by atoms with Crippen LogP contribution in [0.1, 0.15) is 5.82 Å². The number of H-pyrrole nitrogens is 1. The topological polar surface area (TPSA) is 59.4 Å². The maximum absolute atomic E-state index is 4.56. The van der Waals surface area contributed by atoms with Gasteiger partial charge in [-0.2, -0.15) is 5.10 Å². The highest BCUT2D eigenvalue weighted by atomic mass is 15.3. The molecule has 0 bridgehead atoms. The highest BCUT2D eigenvalue weighted by Crippen LogP contribution is 2.17. The molecule has 5 heteroatoms. The van der Waals surface area contributed by atoms with Gasteiger partial charge in [-0.25, -0.2) is 4.98 Å². The molecule has 0 saturated heterocycles. The summed E-state index contributed by atoms with van der Waals surface area (Å²) < 4.78 is 1.88. The van der Waals surface area contributed by atoms with Crippen LogP contribution in [-0.4, -0.2) is 24.7 Å². The molecule has 3 aromatic heterocycles. The Labute approximate surface area is 121 Å². The number of rotatable bonds is 3. The molecule has 4 aromatic rings. The number of para-hydroxylation sites is 2. The maximum Gasteiger partial charge on any atom is 0.129 e. The molecular weight excluding hydrogens is 262 g/mol. The Morgan fingerprint density at radius 3 is 2.71 bits per heavy atom.